The van der Waals surface area contributed by atoms with Gasteiger partial charge in [0.2, 0.25) is 6.29 Å². The topological polar surface area (TPSA) is 52.6 Å². The van der Waals surface area contributed by atoms with Crippen molar-refractivity contribution >= 4 is 11.9 Å². The summed E-state index contributed by atoms with van der Waals surface area (Å²) in [6, 6.07) is 0. The van der Waals surface area contributed by atoms with E-state index in [1.807, 2.05) is 0 Å². The minimum Gasteiger partial charge on any atom is -0.425 e. The summed E-state index contributed by atoms with van der Waals surface area (Å²) < 4.78 is 9.84. The predicted octanol–water partition coefficient (Wildman–Crippen LogP) is 1.87. The fourth-order valence-corrected chi connectivity index (χ4v) is 0.686. The average molecular weight is 202 g/mol. The molecule has 0 heterocycles. The van der Waals surface area contributed by atoms with Crippen LogP contribution in [0.4, 0.5) is 0 Å². The van der Waals surface area contributed by atoms with Gasteiger partial charge in [0.25, 0.3) is 0 Å². The fraction of sp³-hybridized carbons (Fsp3) is 0.800. The van der Waals surface area contributed by atoms with Gasteiger partial charge in [-0.05, 0) is 0 Å². The first-order valence-electron chi connectivity index (χ1n) is 4.91. The first kappa shape index (κ1) is 12.9. The van der Waals surface area contributed by atoms with E-state index in [9.17, 15) is 9.59 Å². The van der Waals surface area contributed by atoms with Crippen molar-refractivity contribution in [1.82, 2.24) is 0 Å². The molecule has 0 bridgehead atoms. The van der Waals surface area contributed by atoms with Crippen molar-refractivity contribution in [3.8, 4) is 0 Å². The Labute approximate surface area is 84.6 Å². The lowest BCUT2D eigenvalue weighted by Gasteiger charge is -2.17. The van der Waals surface area contributed by atoms with Crippen molar-refractivity contribution < 1.29 is 19.1 Å². The van der Waals surface area contributed by atoms with Crippen LogP contribution in [-0.2, 0) is 19.1 Å². The van der Waals surface area contributed by atoms with E-state index in [0.717, 1.165) is 0 Å². The van der Waals surface area contributed by atoms with Gasteiger partial charge >= 0.3 is 11.9 Å². The molecule has 0 rings (SSSR count). The number of ether oxygens (including phenoxy) is 2. The molecule has 0 aromatic carbocycles. The van der Waals surface area contributed by atoms with E-state index in [0.29, 0.717) is 6.42 Å². The Morgan fingerprint density at radius 3 is 2.07 bits per heavy atom. The van der Waals surface area contributed by atoms with E-state index < -0.39 is 6.29 Å². The van der Waals surface area contributed by atoms with Crippen molar-refractivity contribution in [2.75, 3.05) is 0 Å². The monoisotopic (exact) mass is 202 g/mol. The lowest BCUT2D eigenvalue weighted by atomic mass is 10.2. The van der Waals surface area contributed by atoms with Crippen LogP contribution in [0.5, 0.6) is 0 Å². The quantitative estimate of drug-likeness (QED) is 0.504. The van der Waals surface area contributed by atoms with Crippen molar-refractivity contribution in [2.24, 2.45) is 5.92 Å². The van der Waals surface area contributed by atoms with Crippen LogP contribution in [0.1, 0.15) is 40.5 Å². The third-order valence-electron chi connectivity index (χ3n) is 1.60. The van der Waals surface area contributed by atoms with Crippen molar-refractivity contribution in [1.29, 1.82) is 0 Å². The molecule has 0 aromatic rings. The van der Waals surface area contributed by atoms with Crippen LogP contribution in [0, 0.1) is 5.92 Å². The Morgan fingerprint density at radius 1 is 1.14 bits per heavy atom. The molecule has 0 fully saturated rings. The second kappa shape index (κ2) is 6.40. The summed E-state index contributed by atoms with van der Waals surface area (Å²) in [6.45, 7) is 6.95. The van der Waals surface area contributed by atoms with Gasteiger partial charge in [0.1, 0.15) is 0 Å². The number of carbonyl (C=O) groups excluding carboxylic acids is 2. The molecule has 0 saturated carbocycles. The maximum absolute atomic E-state index is 11.2. The predicted molar refractivity (Wildman–Crippen MR) is 51.4 cm³/mol. The highest BCUT2D eigenvalue weighted by Crippen LogP contribution is 2.06. The largest absolute Gasteiger partial charge is 0.425 e. The van der Waals surface area contributed by atoms with Crippen LogP contribution in [0.2, 0.25) is 0 Å². The first-order valence-corrected chi connectivity index (χ1v) is 4.91. The van der Waals surface area contributed by atoms with Crippen LogP contribution in [-0.4, -0.2) is 18.2 Å². The molecule has 0 aliphatic rings. The van der Waals surface area contributed by atoms with Crippen molar-refractivity contribution in [2.45, 2.75) is 46.8 Å². The SMILES string of the molecule is CCC(=O)OC(CC)OC(=O)C(C)C. The molecular weight excluding hydrogens is 184 g/mol. The summed E-state index contributed by atoms with van der Waals surface area (Å²) in [6.07, 6.45) is 0.0253. The van der Waals surface area contributed by atoms with Crippen LogP contribution in [0.25, 0.3) is 0 Å². The number of carbonyl (C=O) groups is 2. The van der Waals surface area contributed by atoms with Gasteiger partial charge in [-0.25, -0.2) is 0 Å². The Hall–Kier alpha value is -1.06. The lowest BCUT2D eigenvalue weighted by Crippen LogP contribution is -2.25. The highest BCUT2D eigenvalue weighted by molar-refractivity contribution is 5.72. The summed E-state index contributed by atoms with van der Waals surface area (Å²) >= 11 is 0. The molecule has 14 heavy (non-hydrogen) atoms. The van der Waals surface area contributed by atoms with Gasteiger partial charge in [-0.2, -0.15) is 0 Å². The number of rotatable bonds is 5. The van der Waals surface area contributed by atoms with E-state index >= 15 is 0 Å². The molecule has 4 nitrogen and oxygen atoms in total. The summed E-state index contributed by atoms with van der Waals surface area (Å²) in [5.74, 6) is -0.904. The zero-order chi connectivity index (χ0) is 11.1. The van der Waals surface area contributed by atoms with E-state index in [2.05, 4.69) is 0 Å². The molecule has 0 spiro atoms. The van der Waals surface area contributed by atoms with E-state index in [1.54, 1.807) is 27.7 Å². The van der Waals surface area contributed by atoms with E-state index in [-0.39, 0.29) is 24.3 Å². The smallest absolute Gasteiger partial charge is 0.311 e. The summed E-state index contributed by atoms with van der Waals surface area (Å²) in [5.41, 5.74) is 0. The van der Waals surface area contributed by atoms with Gasteiger partial charge < -0.3 is 9.47 Å². The van der Waals surface area contributed by atoms with Crippen molar-refractivity contribution in [3.05, 3.63) is 0 Å². The molecule has 0 amide bonds. The minimum atomic E-state index is -0.739. The zero-order valence-corrected chi connectivity index (χ0v) is 9.20. The van der Waals surface area contributed by atoms with Gasteiger partial charge in [-0.3, -0.25) is 9.59 Å². The van der Waals surface area contributed by atoms with E-state index in [4.69, 9.17) is 9.47 Å². The van der Waals surface area contributed by atoms with Gasteiger partial charge in [0.05, 0.1) is 5.92 Å². The Kier molecular flexibility index (Phi) is 5.92. The Morgan fingerprint density at radius 2 is 1.71 bits per heavy atom. The van der Waals surface area contributed by atoms with Gasteiger partial charge in [0, 0.05) is 12.8 Å². The third-order valence-corrected chi connectivity index (χ3v) is 1.60. The molecule has 0 aliphatic carbocycles. The fourth-order valence-electron chi connectivity index (χ4n) is 0.686. The molecule has 82 valence electrons. The second-order valence-corrected chi connectivity index (χ2v) is 3.27. The van der Waals surface area contributed by atoms with E-state index in [1.165, 1.54) is 0 Å². The minimum absolute atomic E-state index is 0.204. The number of esters is 2. The molecule has 0 aliphatic heterocycles. The van der Waals surface area contributed by atoms with Gasteiger partial charge in [-0.1, -0.05) is 27.7 Å². The Bertz CT molecular complexity index is 198. The molecule has 4 heteroatoms. The van der Waals surface area contributed by atoms with Crippen molar-refractivity contribution in [3.63, 3.8) is 0 Å². The highest BCUT2D eigenvalue weighted by atomic mass is 16.7. The van der Waals surface area contributed by atoms with Crippen LogP contribution < -0.4 is 0 Å². The second-order valence-electron chi connectivity index (χ2n) is 3.27. The van der Waals surface area contributed by atoms with Gasteiger partial charge in [-0.15, -0.1) is 0 Å². The van der Waals surface area contributed by atoms with Crippen LogP contribution in [0.3, 0.4) is 0 Å². The molecule has 1 unspecified atom stereocenters. The third kappa shape index (κ3) is 4.84. The van der Waals surface area contributed by atoms with Crippen LogP contribution in [0.15, 0.2) is 0 Å². The normalized spacial score (nSPS) is 12.4. The molecule has 0 N–H and O–H groups in total. The highest BCUT2D eigenvalue weighted by Gasteiger charge is 2.17. The lowest BCUT2D eigenvalue weighted by molar-refractivity contribution is -0.190. The molecule has 0 aromatic heterocycles. The number of hydrogen-bond donors (Lipinski definition) is 0. The first-order chi connectivity index (χ1) is 6.51. The number of hydrogen-bond acceptors (Lipinski definition) is 4. The average Bonchev–Trinajstić information content (AvgIpc) is 2.16. The summed E-state index contributed by atoms with van der Waals surface area (Å²) in [5, 5.41) is 0. The summed E-state index contributed by atoms with van der Waals surface area (Å²) in [7, 11) is 0. The maximum Gasteiger partial charge on any atom is 0.311 e. The molecule has 1 atom stereocenters. The molecule has 0 radical (unpaired) electrons. The van der Waals surface area contributed by atoms with Crippen LogP contribution >= 0.6 is 0 Å². The maximum atomic E-state index is 11.2. The van der Waals surface area contributed by atoms with Gasteiger partial charge in [0.15, 0.2) is 0 Å². The summed E-state index contributed by atoms with van der Waals surface area (Å²) in [4.78, 5) is 22.1. The Balaban J connectivity index is 4.03. The molecular formula is C10H18O4. The molecule has 0 saturated heterocycles. The standard InChI is InChI=1S/C10H18O4/c1-5-8(11)13-9(6-2)14-10(12)7(3)4/h7,9H,5-6H2,1-4H3. The zero-order valence-electron chi connectivity index (χ0n) is 9.20.